The van der Waals surface area contributed by atoms with Crippen LogP contribution in [-0.2, 0) is 0 Å². The maximum atomic E-state index is 6.27. The summed E-state index contributed by atoms with van der Waals surface area (Å²) in [6.45, 7) is 11.2. The topological polar surface area (TPSA) is 38.9 Å². The molecule has 0 aliphatic heterocycles. The Bertz CT molecular complexity index is 1110. The molecule has 1 aromatic carbocycles. The average Bonchev–Trinajstić information content (AvgIpc) is 2.91. The fourth-order valence-electron chi connectivity index (χ4n) is 3.36. The van der Waals surface area contributed by atoms with Crippen molar-refractivity contribution in [1.29, 1.82) is 0 Å². The number of aromatic nitrogens is 2. The number of hydrogen-bond acceptors (Lipinski definition) is 3. The van der Waals surface area contributed by atoms with Crippen molar-refractivity contribution < 1.29 is 4.42 Å². The lowest BCUT2D eigenvalue weighted by atomic mass is 10.1. The van der Waals surface area contributed by atoms with Crippen molar-refractivity contribution in [3.63, 3.8) is 0 Å². The average molecular weight is 347 g/mol. The van der Waals surface area contributed by atoms with Gasteiger partial charge in [-0.25, -0.2) is 4.98 Å². The van der Waals surface area contributed by atoms with Crippen LogP contribution in [0.5, 0.6) is 0 Å². The molecule has 0 bridgehead atoms. The Morgan fingerprint density at radius 1 is 0.960 bits per heavy atom. The van der Waals surface area contributed by atoms with E-state index in [0.717, 1.165) is 33.6 Å². The first-order valence-corrected chi connectivity index (χ1v) is 12.1. The van der Waals surface area contributed by atoms with Crippen LogP contribution in [0.3, 0.4) is 0 Å². The van der Waals surface area contributed by atoms with Crippen molar-refractivity contribution in [2.24, 2.45) is 0 Å². The van der Waals surface area contributed by atoms with Crippen molar-refractivity contribution in [1.82, 2.24) is 9.97 Å². The first-order valence-electron chi connectivity index (χ1n) is 8.61. The number of pyridine rings is 2. The van der Waals surface area contributed by atoms with Gasteiger partial charge in [-0.15, -0.1) is 0 Å². The number of furan rings is 1. The fourth-order valence-corrected chi connectivity index (χ4v) is 4.95. The molecule has 0 fully saturated rings. The number of nitrogens with zero attached hydrogens (tertiary/aromatic N) is 2. The molecule has 0 N–H and O–H groups in total. The molecular weight excluding hydrogens is 324 g/mol. The zero-order valence-electron chi connectivity index (χ0n) is 15.3. The molecule has 3 aromatic heterocycles. The minimum Gasteiger partial charge on any atom is -0.437 e. The van der Waals surface area contributed by atoms with Crippen LogP contribution in [0.1, 0.15) is 11.3 Å². The third-order valence-electron chi connectivity index (χ3n) is 4.62. The second-order valence-electron chi connectivity index (χ2n) is 7.74. The predicted molar refractivity (Wildman–Crippen MR) is 107 cm³/mol. The Labute approximate surface area is 148 Å². The van der Waals surface area contributed by atoms with Crippen LogP contribution in [0, 0.1) is 13.8 Å². The van der Waals surface area contributed by atoms with Crippen LogP contribution in [0.4, 0.5) is 0 Å². The monoisotopic (exact) mass is 346 g/mol. The van der Waals surface area contributed by atoms with Gasteiger partial charge in [0.1, 0.15) is 5.58 Å². The highest BCUT2D eigenvalue weighted by atomic mass is 28.3. The van der Waals surface area contributed by atoms with E-state index in [1.165, 1.54) is 16.1 Å². The van der Waals surface area contributed by atoms with Gasteiger partial charge < -0.3 is 4.42 Å². The molecule has 0 spiro atoms. The molecule has 0 saturated heterocycles. The van der Waals surface area contributed by atoms with Gasteiger partial charge in [0.15, 0.2) is 0 Å². The van der Waals surface area contributed by atoms with E-state index in [-0.39, 0.29) is 0 Å². The van der Waals surface area contributed by atoms with E-state index in [0.29, 0.717) is 0 Å². The SMILES string of the molecule is Cc1ccnc(-c2ccc([Si](C)(C)C)c3c2oc2nc(C)ccc23)c1. The molecule has 0 atom stereocenters. The maximum absolute atomic E-state index is 6.27. The molecule has 0 unspecified atom stereocenters. The Kier molecular flexibility index (Phi) is 3.54. The van der Waals surface area contributed by atoms with Crippen LogP contribution < -0.4 is 5.19 Å². The van der Waals surface area contributed by atoms with Crippen molar-refractivity contribution in [3.8, 4) is 11.3 Å². The smallest absolute Gasteiger partial charge is 0.227 e. The van der Waals surface area contributed by atoms with Gasteiger partial charge >= 0.3 is 0 Å². The van der Waals surface area contributed by atoms with Gasteiger partial charge in [-0.05, 0) is 54.9 Å². The Morgan fingerprint density at radius 2 is 1.76 bits per heavy atom. The van der Waals surface area contributed by atoms with Gasteiger partial charge in [-0.2, -0.15) is 0 Å². The second-order valence-corrected chi connectivity index (χ2v) is 12.8. The summed E-state index contributed by atoms with van der Waals surface area (Å²) in [5.41, 5.74) is 5.77. The fraction of sp³-hybridized carbons (Fsp3) is 0.238. The van der Waals surface area contributed by atoms with Crippen molar-refractivity contribution in [3.05, 3.63) is 53.9 Å². The number of aryl methyl sites for hydroxylation is 2. The van der Waals surface area contributed by atoms with Crippen LogP contribution >= 0.6 is 0 Å². The van der Waals surface area contributed by atoms with Gasteiger partial charge in [0.25, 0.3) is 0 Å². The minimum atomic E-state index is -1.54. The number of fused-ring (bicyclic) bond motifs is 3. The first kappa shape index (κ1) is 16.0. The highest BCUT2D eigenvalue weighted by molar-refractivity contribution is 6.90. The van der Waals surface area contributed by atoms with Crippen LogP contribution in [0.2, 0.25) is 19.6 Å². The van der Waals surface area contributed by atoms with Crippen molar-refractivity contribution in [2.75, 3.05) is 0 Å². The number of rotatable bonds is 2. The van der Waals surface area contributed by atoms with Crippen LogP contribution in [-0.4, -0.2) is 18.0 Å². The zero-order valence-corrected chi connectivity index (χ0v) is 16.3. The molecule has 4 aromatic rings. The summed E-state index contributed by atoms with van der Waals surface area (Å²) in [5.74, 6) is 0. The van der Waals surface area contributed by atoms with E-state index in [1.807, 2.05) is 19.2 Å². The van der Waals surface area contributed by atoms with Crippen molar-refractivity contribution in [2.45, 2.75) is 33.5 Å². The summed E-state index contributed by atoms with van der Waals surface area (Å²) < 4.78 is 6.27. The predicted octanol–water partition coefficient (Wildman–Crippen LogP) is 5.21. The summed E-state index contributed by atoms with van der Waals surface area (Å²) in [6, 6.07) is 12.7. The third-order valence-corrected chi connectivity index (χ3v) is 6.66. The minimum absolute atomic E-state index is 0.717. The molecule has 3 heterocycles. The Balaban J connectivity index is 2.15. The molecule has 0 saturated carbocycles. The zero-order chi connectivity index (χ0) is 17.8. The van der Waals surface area contributed by atoms with E-state index in [1.54, 1.807) is 0 Å². The summed E-state index contributed by atoms with van der Waals surface area (Å²) in [6.07, 6.45) is 1.86. The largest absolute Gasteiger partial charge is 0.437 e. The summed E-state index contributed by atoms with van der Waals surface area (Å²) in [4.78, 5) is 9.19. The Morgan fingerprint density at radius 3 is 2.48 bits per heavy atom. The summed E-state index contributed by atoms with van der Waals surface area (Å²) in [7, 11) is -1.54. The summed E-state index contributed by atoms with van der Waals surface area (Å²) >= 11 is 0. The third kappa shape index (κ3) is 2.67. The number of hydrogen-bond donors (Lipinski definition) is 0. The summed E-state index contributed by atoms with van der Waals surface area (Å²) in [5, 5.41) is 3.72. The molecule has 126 valence electrons. The first-order chi connectivity index (χ1) is 11.8. The second kappa shape index (κ2) is 5.53. The molecule has 3 nitrogen and oxygen atoms in total. The van der Waals surface area contributed by atoms with E-state index in [9.17, 15) is 0 Å². The van der Waals surface area contributed by atoms with E-state index >= 15 is 0 Å². The van der Waals surface area contributed by atoms with Gasteiger partial charge in [0, 0.05) is 28.2 Å². The molecule has 25 heavy (non-hydrogen) atoms. The molecule has 0 aliphatic carbocycles. The lowest BCUT2D eigenvalue weighted by Gasteiger charge is -2.18. The molecule has 0 amide bonds. The molecule has 4 rings (SSSR count). The maximum Gasteiger partial charge on any atom is 0.227 e. The quantitative estimate of drug-likeness (QED) is 0.468. The molecular formula is C21H22N2OSi. The highest BCUT2D eigenvalue weighted by Crippen LogP contribution is 2.34. The standard InChI is InChI=1S/C21H22N2OSi/c1-13-10-11-22-17(12-13)15-8-9-18(25(3,4)5)19-16-7-6-14(2)23-21(16)24-20(15)19/h6-12H,1-5H3. The van der Waals surface area contributed by atoms with Crippen molar-refractivity contribution >= 4 is 35.3 Å². The van der Waals surface area contributed by atoms with E-state index in [4.69, 9.17) is 4.42 Å². The van der Waals surface area contributed by atoms with Crippen LogP contribution in [0.15, 0.2) is 47.0 Å². The lowest BCUT2D eigenvalue weighted by molar-refractivity contribution is 0.653. The normalized spacial score (nSPS) is 12.2. The number of benzene rings is 1. The van der Waals surface area contributed by atoms with Gasteiger partial charge in [0.2, 0.25) is 5.71 Å². The molecule has 0 aliphatic rings. The van der Waals surface area contributed by atoms with Crippen LogP contribution in [0.25, 0.3) is 33.3 Å². The highest BCUT2D eigenvalue weighted by Gasteiger charge is 2.25. The van der Waals surface area contributed by atoms with Gasteiger partial charge in [0.05, 0.1) is 13.8 Å². The Hall–Kier alpha value is -2.46. The molecule has 4 heteroatoms. The lowest BCUT2D eigenvalue weighted by Crippen LogP contribution is -2.37. The van der Waals surface area contributed by atoms with E-state index < -0.39 is 8.07 Å². The van der Waals surface area contributed by atoms with E-state index in [2.05, 4.69) is 66.9 Å². The van der Waals surface area contributed by atoms with Gasteiger partial charge in [-0.1, -0.05) is 25.7 Å². The molecule has 0 radical (unpaired) electrons. The van der Waals surface area contributed by atoms with Gasteiger partial charge in [-0.3, -0.25) is 4.98 Å².